The van der Waals surface area contributed by atoms with Gasteiger partial charge in [0.2, 0.25) is 0 Å². The maximum Gasteiger partial charge on any atom is 0.410 e. The summed E-state index contributed by atoms with van der Waals surface area (Å²) < 4.78 is 12.0. The van der Waals surface area contributed by atoms with Gasteiger partial charge in [0.15, 0.2) is 11.0 Å². The van der Waals surface area contributed by atoms with Crippen molar-refractivity contribution in [2.24, 2.45) is 0 Å². The van der Waals surface area contributed by atoms with Crippen molar-refractivity contribution in [2.45, 2.75) is 78.7 Å². The highest BCUT2D eigenvalue weighted by molar-refractivity contribution is 6.21. The first kappa shape index (κ1) is 31.7. The first-order chi connectivity index (χ1) is 20.6. The summed E-state index contributed by atoms with van der Waals surface area (Å²) in [6.07, 6.45) is 5.34. The predicted molar refractivity (Wildman–Crippen MR) is 161 cm³/mol. The number of piperidine rings is 1. The Labute approximate surface area is 274 Å². The molecule has 6 rings (SSSR count). The molecular formula is C33H39IN6O4. The van der Waals surface area contributed by atoms with Gasteiger partial charge in [-0.25, -0.2) is 13.9 Å². The number of fused-ring (bicyclic) bond motifs is 2. The summed E-state index contributed by atoms with van der Waals surface area (Å²) in [6.45, 7) is 12.6. The summed E-state index contributed by atoms with van der Waals surface area (Å²) in [7, 11) is 0. The number of hydrogen-bond donors (Lipinski definition) is 0. The number of imidazole rings is 1. The summed E-state index contributed by atoms with van der Waals surface area (Å²) in [5, 5.41) is 4.75. The lowest BCUT2D eigenvalue weighted by Crippen LogP contribution is -3.00. The predicted octanol–water partition coefficient (Wildman–Crippen LogP) is 2.20. The molecule has 4 aromatic rings. The Bertz CT molecular complexity index is 1690. The summed E-state index contributed by atoms with van der Waals surface area (Å²) in [6, 6.07) is 13.5. The molecule has 2 aliphatic heterocycles. The molecule has 4 heterocycles. The highest BCUT2D eigenvalue weighted by atomic mass is 127. The minimum Gasteiger partial charge on any atom is -1.00 e. The minimum absolute atomic E-state index is 0. The van der Waals surface area contributed by atoms with E-state index in [1.165, 1.54) is 4.90 Å². The van der Waals surface area contributed by atoms with Crippen molar-refractivity contribution in [1.29, 1.82) is 0 Å². The third-order valence-electron chi connectivity index (χ3n) is 8.41. The van der Waals surface area contributed by atoms with E-state index in [0.717, 1.165) is 40.8 Å². The smallest absolute Gasteiger partial charge is 0.410 e. The molecular weight excluding hydrogens is 671 g/mol. The Morgan fingerprint density at radius 2 is 1.61 bits per heavy atom. The fourth-order valence-electron chi connectivity index (χ4n) is 6.38. The van der Waals surface area contributed by atoms with Crippen LogP contribution in [0.2, 0.25) is 0 Å². The number of carbonyl (C=O) groups is 3. The number of rotatable bonds is 6. The fourth-order valence-corrected chi connectivity index (χ4v) is 6.38. The summed E-state index contributed by atoms with van der Waals surface area (Å²) in [5.41, 5.74) is 4.56. The largest absolute Gasteiger partial charge is 1.00 e. The molecule has 0 spiro atoms. The van der Waals surface area contributed by atoms with Crippen LogP contribution in [0, 0.1) is 0 Å². The van der Waals surface area contributed by atoms with Gasteiger partial charge in [0.1, 0.15) is 12.1 Å². The van der Waals surface area contributed by atoms with E-state index in [2.05, 4.69) is 41.3 Å². The number of amides is 3. The zero-order chi connectivity index (χ0) is 30.5. The second-order valence-corrected chi connectivity index (χ2v) is 12.2. The molecule has 10 nitrogen and oxygen atoms in total. The first-order valence-electron chi connectivity index (χ1n) is 15.1. The van der Waals surface area contributed by atoms with Crippen LogP contribution in [-0.4, -0.2) is 60.7 Å². The van der Waals surface area contributed by atoms with E-state index < -0.39 is 5.60 Å². The summed E-state index contributed by atoms with van der Waals surface area (Å²) in [5.74, 6) is 0.398. The molecule has 2 aromatic heterocycles. The molecule has 0 bridgehead atoms. The zero-order valence-electron chi connectivity index (χ0n) is 25.9. The lowest BCUT2D eigenvalue weighted by atomic mass is 10.1. The average molecular weight is 711 g/mol. The molecule has 2 aromatic carbocycles. The van der Waals surface area contributed by atoms with Crippen LogP contribution in [-0.2, 0) is 24.4 Å². The van der Waals surface area contributed by atoms with Gasteiger partial charge in [0, 0.05) is 30.4 Å². The van der Waals surface area contributed by atoms with E-state index in [1.54, 1.807) is 29.2 Å². The number of ether oxygens (including phenoxy) is 1. The first-order valence-corrected chi connectivity index (χ1v) is 15.1. The molecule has 1 fully saturated rings. The van der Waals surface area contributed by atoms with Crippen LogP contribution < -0.4 is 28.5 Å². The van der Waals surface area contributed by atoms with Gasteiger partial charge in [-0.1, -0.05) is 18.2 Å². The van der Waals surface area contributed by atoms with Crippen LogP contribution in [0.3, 0.4) is 0 Å². The highest BCUT2D eigenvalue weighted by Crippen LogP contribution is 2.32. The minimum atomic E-state index is -0.512. The molecule has 2 aliphatic rings. The van der Waals surface area contributed by atoms with Gasteiger partial charge >= 0.3 is 6.09 Å². The van der Waals surface area contributed by atoms with Gasteiger partial charge in [-0.2, -0.15) is 5.10 Å². The maximum absolute atomic E-state index is 13.2. The molecule has 0 unspecified atom stereocenters. The molecule has 11 heteroatoms. The van der Waals surface area contributed by atoms with Gasteiger partial charge in [0.05, 0.1) is 36.5 Å². The van der Waals surface area contributed by atoms with E-state index in [9.17, 15) is 14.4 Å². The van der Waals surface area contributed by atoms with Crippen LogP contribution in [0.1, 0.15) is 80.0 Å². The topological polar surface area (TPSA) is 93.5 Å². The molecule has 3 amide bonds. The molecule has 0 atom stereocenters. The van der Waals surface area contributed by atoms with E-state index in [0.29, 0.717) is 37.3 Å². The van der Waals surface area contributed by atoms with Gasteiger partial charge < -0.3 is 33.6 Å². The number of para-hydroxylation sites is 1. The van der Waals surface area contributed by atoms with Gasteiger partial charge in [-0.3, -0.25) is 19.2 Å². The van der Waals surface area contributed by atoms with Crippen molar-refractivity contribution >= 4 is 28.9 Å². The Balaban J connectivity index is 0.00000384. The number of aryl methyl sites for hydroxylation is 2. The quantitative estimate of drug-likeness (QED) is 0.174. The molecule has 0 aliphatic carbocycles. The van der Waals surface area contributed by atoms with E-state index >= 15 is 0 Å². The Morgan fingerprint density at radius 3 is 2.20 bits per heavy atom. The summed E-state index contributed by atoms with van der Waals surface area (Å²) in [4.78, 5) is 42.1. The lowest BCUT2D eigenvalue weighted by molar-refractivity contribution is -0.676. The number of carbonyl (C=O) groups excluding carboxylic acids is 3. The molecule has 232 valence electrons. The van der Waals surface area contributed by atoms with Crippen molar-refractivity contribution in [3.8, 4) is 11.1 Å². The van der Waals surface area contributed by atoms with Crippen LogP contribution in [0.5, 0.6) is 0 Å². The summed E-state index contributed by atoms with van der Waals surface area (Å²) >= 11 is 0. The van der Waals surface area contributed by atoms with Crippen LogP contribution >= 0.6 is 0 Å². The SMILES string of the molecule is CCn1c(CN2C(=O)c3ccccc3C2=O)[n+](CC)c2c(-c3cnn(C4CCN(C(=O)OC(C)(C)C)CC4)c3)cccc21.[I-]. The van der Waals surface area contributed by atoms with E-state index in [-0.39, 0.29) is 54.5 Å². The van der Waals surface area contributed by atoms with Gasteiger partial charge in [-0.15, -0.1) is 0 Å². The monoisotopic (exact) mass is 710 g/mol. The molecule has 44 heavy (non-hydrogen) atoms. The Kier molecular flexibility index (Phi) is 8.88. The number of likely N-dealkylation sites (tertiary alicyclic amines) is 1. The fraction of sp³-hybridized carbons (Fsp3) is 0.424. The third-order valence-corrected chi connectivity index (χ3v) is 8.41. The normalized spacial score (nSPS) is 15.6. The van der Waals surface area contributed by atoms with Crippen molar-refractivity contribution in [3.05, 3.63) is 71.8 Å². The second-order valence-electron chi connectivity index (χ2n) is 12.2. The van der Waals surface area contributed by atoms with Gasteiger partial charge in [0.25, 0.3) is 17.6 Å². The molecule has 0 N–H and O–H groups in total. The number of halogens is 1. The molecule has 0 radical (unpaired) electrons. The second kappa shape index (κ2) is 12.3. The number of hydrogen-bond acceptors (Lipinski definition) is 5. The Morgan fingerprint density at radius 1 is 0.977 bits per heavy atom. The lowest BCUT2D eigenvalue weighted by Gasteiger charge is -2.33. The van der Waals surface area contributed by atoms with Crippen LogP contribution in [0.15, 0.2) is 54.9 Å². The van der Waals surface area contributed by atoms with Crippen molar-refractivity contribution in [3.63, 3.8) is 0 Å². The highest BCUT2D eigenvalue weighted by Gasteiger charge is 2.39. The maximum atomic E-state index is 13.2. The standard InChI is InChI=1S/C33H39N6O4.HI/c1-6-36-27-14-10-13-24(22-19-34-39(20-22)23-15-17-35(18-16-23)32(42)43-33(3,4)5)29(27)37(7-2)28(36)21-38-30(40)25-11-8-9-12-26(25)31(38)41;/h8-14,19-20,23H,6-7,15-18,21H2,1-5H3;1H/q+1;/p-1. The number of aromatic nitrogens is 4. The number of nitrogens with zero attached hydrogens (tertiary/aromatic N) is 6. The van der Waals surface area contributed by atoms with E-state index in [4.69, 9.17) is 9.84 Å². The zero-order valence-corrected chi connectivity index (χ0v) is 28.1. The van der Waals surface area contributed by atoms with Crippen molar-refractivity contribution < 1.29 is 47.7 Å². The molecule has 0 saturated carbocycles. The number of benzene rings is 2. The Hall–Kier alpha value is -3.74. The van der Waals surface area contributed by atoms with Gasteiger partial charge in [-0.05, 0) is 71.7 Å². The molecule has 1 saturated heterocycles. The van der Waals surface area contributed by atoms with Crippen molar-refractivity contribution in [1.82, 2.24) is 24.1 Å². The van der Waals surface area contributed by atoms with Crippen LogP contribution in [0.25, 0.3) is 22.2 Å². The van der Waals surface area contributed by atoms with Crippen LogP contribution in [0.4, 0.5) is 4.79 Å². The number of imide groups is 1. The third kappa shape index (κ3) is 5.62. The van der Waals surface area contributed by atoms with E-state index in [1.807, 2.05) is 37.7 Å². The van der Waals surface area contributed by atoms with Crippen molar-refractivity contribution in [2.75, 3.05) is 13.1 Å². The average Bonchev–Trinajstić information content (AvgIpc) is 3.67.